The summed E-state index contributed by atoms with van der Waals surface area (Å²) < 4.78 is 1.06. The minimum absolute atomic E-state index is 0.531. The molecule has 0 spiro atoms. The first-order valence-electron chi connectivity index (χ1n) is 22.7. The van der Waals surface area contributed by atoms with Crippen LogP contribution in [-0.4, -0.2) is 5.92 Å². The van der Waals surface area contributed by atoms with Gasteiger partial charge in [-0.05, 0) is 0 Å². The number of benzene rings is 6. The summed E-state index contributed by atoms with van der Waals surface area (Å²) in [6, 6.07) is 38.9. The van der Waals surface area contributed by atoms with Gasteiger partial charge in [-0.3, -0.25) is 0 Å². The van der Waals surface area contributed by atoms with E-state index in [-0.39, 0.29) is 0 Å². The molecule has 2 aliphatic carbocycles. The molecule has 2 aliphatic rings. The van der Waals surface area contributed by atoms with E-state index in [1.165, 1.54) is 126 Å². The Bertz CT molecular complexity index is 2440. The van der Waals surface area contributed by atoms with E-state index < -0.39 is 26.8 Å². The van der Waals surface area contributed by atoms with Crippen molar-refractivity contribution in [1.29, 1.82) is 0 Å². The summed E-state index contributed by atoms with van der Waals surface area (Å²) >= 11 is -2.59. The molecular weight excluding hydrogens is 816 g/mol. The third kappa shape index (κ3) is 8.17. The van der Waals surface area contributed by atoms with E-state index in [2.05, 4.69) is 192 Å². The maximum atomic E-state index is 2.76. The van der Waals surface area contributed by atoms with Crippen molar-refractivity contribution in [3.05, 3.63) is 175 Å². The fourth-order valence-electron chi connectivity index (χ4n) is 11.2. The van der Waals surface area contributed by atoms with E-state index in [4.69, 9.17) is 0 Å². The van der Waals surface area contributed by atoms with Crippen LogP contribution in [0, 0.1) is 55.4 Å². The molecule has 6 aromatic carbocycles. The second-order valence-corrected chi connectivity index (χ2v) is 39.0. The molecule has 0 saturated carbocycles. The van der Waals surface area contributed by atoms with E-state index >= 15 is 0 Å². The van der Waals surface area contributed by atoms with Crippen LogP contribution in [0.3, 0.4) is 0 Å². The Morgan fingerprint density at radius 2 is 0.667 bits per heavy atom. The van der Waals surface area contributed by atoms with Gasteiger partial charge in [0, 0.05) is 0 Å². The molecule has 0 radical (unpaired) electrons. The van der Waals surface area contributed by atoms with E-state index in [9.17, 15) is 0 Å². The van der Waals surface area contributed by atoms with Crippen molar-refractivity contribution in [2.75, 3.05) is 0 Å². The van der Waals surface area contributed by atoms with Crippen molar-refractivity contribution in [2.45, 2.75) is 115 Å². The van der Waals surface area contributed by atoms with Crippen molar-refractivity contribution >= 4 is 18.1 Å². The first kappa shape index (κ1) is 42.6. The van der Waals surface area contributed by atoms with Gasteiger partial charge in [-0.2, -0.15) is 0 Å². The molecule has 0 fully saturated rings. The van der Waals surface area contributed by atoms with Crippen LogP contribution < -0.4 is 0 Å². The van der Waals surface area contributed by atoms with Crippen LogP contribution in [0.25, 0.3) is 56.7 Å². The van der Waals surface area contributed by atoms with Gasteiger partial charge in [0.2, 0.25) is 0 Å². The van der Waals surface area contributed by atoms with Crippen molar-refractivity contribution in [2.24, 2.45) is 0 Å². The van der Waals surface area contributed by atoms with Gasteiger partial charge in [0.05, 0.1) is 0 Å². The molecular formula is C58H65SiZr. The summed E-state index contributed by atoms with van der Waals surface area (Å²) in [7, 11) is 0. The minimum atomic E-state index is -2.59. The molecule has 0 saturated heterocycles. The molecule has 2 unspecified atom stereocenters. The van der Waals surface area contributed by atoms with E-state index in [1.54, 1.807) is 22.3 Å². The predicted molar refractivity (Wildman–Crippen MR) is 263 cm³/mol. The van der Waals surface area contributed by atoms with Crippen molar-refractivity contribution in [3.63, 3.8) is 0 Å². The van der Waals surface area contributed by atoms with Crippen LogP contribution in [0.15, 0.2) is 108 Å². The Hall–Kier alpha value is -4.10. The molecule has 0 amide bonds. The Morgan fingerprint density at radius 1 is 0.400 bits per heavy atom. The molecule has 60 heavy (non-hydrogen) atoms. The first-order valence-corrected chi connectivity index (χ1v) is 32.7. The zero-order valence-corrected chi connectivity index (χ0v) is 42.1. The molecule has 6 aromatic rings. The van der Waals surface area contributed by atoms with Crippen LogP contribution >= 0.6 is 0 Å². The Morgan fingerprint density at radius 3 is 0.933 bits per heavy atom. The van der Waals surface area contributed by atoms with E-state index in [1.807, 2.05) is 0 Å². The second kappa shape index (κ2) is 17.3. The third-order valence-corrected chi connectivity index (χ3v) is 34.7. The van der Waals surface area contributed by atoms with Gasteiger partial charge in [-0.15, -0.1) is 0 Å². The zero-order valence-electron chi connectivity index (χ0n) is 38.5. The molecule has 0 aliphatic heterocycles. The Kier molecular flexibility index (Phi) is 12.3. The SMILES string of the molecule is CCCC1=Cc2c(-c3cc(C)cc(C)c3)ccc(-c3cc(C)cc(C)c3)c2[CH]1[Zr]([CH]1C(CCC)=Cc2c(-c3cc(C)cc(C)c3)ccc(-c3cc(C)cc(C)c3)c21)[SiH](C)C. The Balaban J connectivity index is 1.45. The quantitative estimate of drug-likeness (QED) is 0.114. The van der Waals surface area contributed by atoms with Gasteiger partial charge in [0.15, 0.2) is 0 Å². The van der Waals surface area contributed by atoms with Gasteiger partial charge in [0.1, 0.15) is 0 Å². The van der Waals surface area contributed by atoms with Crippen molar-refractivity contribution in [3.8, 4) is 44.5 Å². The predicted octanol–water partition coefficient (Wildman–Crippen LogP) is 16.6. The van der Waals surface area contributed by atoms with Gasteiger partial charge in [0.25, 0.3) is 0 Å². The normalized spacial score (nSPS) is 15.6. The van der Waals surface area contributed by atoms with Crippen LogP contribution in [0.4, 0.5) is 0 Å². The summed E-state index contributed by atoms with van der Waals surface area (Å²) in [6.07, 6.45) is 10.2. The monoisotopic (exact) mass is 879 g/mol. The van der Waals surface area contributed by atoms with Crippen LogP contribution in [-0.2, 0) is 20.9 Å². The average Bonchev–Trinajstić information content (AvgIpc) is 3.72. The van der Waals surface area contributed by atoms with Gasteiger partial charge in [-0.1, -0.05) is 0 Å². The number of hydrogen-bond acceptors (Lipinski definition) is 0. The zero-order chi connectivity index (χ0) is 42.6. The number of aryl methyl sites for hydroxylation is 8. The second-order valence-electron chi connectivity index (χ2n) is 18.9. The van der Waals surface area contributed by atoms with Crippen LogP contribution in [0.2, 0.25) is 13.1 Å². The third-order valence-electron chi connectivity index (χ3n) is 13.1. The average molecular weight is 881 g/mol. The molecule has 0 N–H and O–H groups in total. The molecule has 305 valence electrons. The number of allylic oxidation sites excluding steroid dienone is 2. The topological polar surface area (TPSA) is 0 Å². The summed E-state index contributed by atoms with van der Waals surface area (Å²) in [4.78, 5) is 0. The molecule has 2 heteroatoms. The molecule has 0 nitrogen and oxygen atoms in total. The van der Waals surface area contributed by atoms with Gasteiger partial charge in [-0.25, -0.2) is 0 Å². The molecule has 8 rings (SSSR count). The molecule has 0 aromatic heterocycles. The standard InChI is InChI=1S/2C28H29.C2H7Si.Zr/c2*1-6-7-22-16-27-25(23-12-18(2)10-19(3)13-23)8-9-26(28(27)17-22)24-14-20(4)11-21(5)15-24;1-3-2;/h2*8-17H,6-7H2,1-5H3;3H,1-2H3;. The fourth-order valence-corrected chi connectivity index (χ4v) is 34.1. The molecule has 2 atom stereocenters. The first-order chi connectivity index (χ1) is 28.7. The van der Waals surface area contributed by atoms with E-state index in [0.29, 0.717) is 7.25 Å². The molecule has 0 heterocycles. The summed E-state index contributed by atoms with van der Waals surface area (Å²) in [6.45, 7) is 28.5. The van der Waals surface area contributed by atoms with Crippen molar-refractivity contribution < 1.29 is 20.9 Å². The number of hydrogen-bond donors (Lipinski definition) is 0. The van der Waals surface area contributed by atoms with Crippen molar-refractivity contribution in [1.82, 2.24) is 0 Å². The molecule has 0 bridgehead atoms. The Labute approximate surface area is 371 Å². The van der Waals surface area contributed by atoms with E-state index in [0.717, 1.165) is 0 Å². The van der Waals surface area contributed by atoms with Gasteiger partial charge < -0.3 is 0 Å². The fraction of sp³-hybridized carbons (Fsp3) is 0.310. The summed E-state index contributed by atoms with van der Waals surface area (Å²) in [5, 5.41) is 0. The van der Waals surface area contributed by atoms with Crippen LogP contribution in [0.1, 0.15) is 114 Å². The number of fused-ring (bicyclic) bond motifs is 2. The van der Waals surface area contributed by atoms with Gasteiger partial charge >= 0.3 is 374 Å². The summed E-state index contributed by atoms with van der Waals surface area (Å²) in [5.74, 6) is -1.20. The summed E-state index contributed by atoms with van der Waals surface area (Å²) in [5.41, 5.74) is 31.8. The van der Waals surface area contributed by atoms with Crippen LogP contribution in [0.5, 0.6) is 0 Å². The number of rotatable bonds is 11. The maximum absolute atomic E-state index is 2.76.